The molecule has 114 valence electrons. The number of sulfonamides is 1. The molecule has 0 aromatic heterocycles. The molecule has 21 heavy (non-hydrogen) atoms. The molecule has 0 bridgehead atoms. The van der Waals surface area contributed by atoms with Crippen molar-refractivity contribution in [2.45, 2.75) is 24.2 Å². The number of nitrogens with zero attached hydrogens (tertiary/aromatic N) is 1. The van der Waals surface area contributed by atoms with Crippen LogP contribution in [0, 0.1) is 23.2 Å². The molecule has 1 aliphatic rings. The fourth-order valence-corrected chi connectivity index (χ4v) is 4.08. The Morgan fingerprint density at radius 3 is 2.71 bits per heavy atom. The SMILES string of the molecule is N#Cc1ccc(S(=O)(=O)NCC2CCCC2CO)cc1Cl. The van der Waals surface area contributed by atoms with Gasteiger partial charge in [-0.15, -0.1) is 0 Å². The number of benzene rings is 1. The van der Waals surface area contributed by atoms with E-state index in [2.05, 4.69) is 4.72 Å². The van der Waals surface area contributed by atoms with Crippen LogP contribution in [0.4, 0.5) is 0 Å². The largest absolute Gasteiger partial charge is 0.396 e. The Morgan fingerprint density at radius 2 is 2.10 bits per heavy atom. The van der Waals surface area contributed by atoms with E-state index < -0.39 is 10.0 Å². The second-order valence-electron chi connectivity index (χ2n) is 5.24. The van der Waals surface area contributed by atoms with Crippen LogP contribution >= 0.6 is 11.6 Å². The summed E-state index contributed by atoms with van der Waals surface area (Å²) in [5.41, 5.74) is 0.242. The van der Waals surface area contributed by atoms with Crippen molar-refractivity contribution in [3.8, 4) is 6.07 Å². The Bertz CT molecular complexity index is 655. The van der Waals surface area contributed by atoms with Gasteiger partial charge in [-0.25, -0.2) is 13.1 Å². The first kappa shape index (κ1) is 16.2. The highest BCUT2D eigenvalue weighted by atomic mass is 35.5. The average molecular weight is 329 g/mol. The van der Waals surface area contributed by atoms with Crippen LogP contribution in [0.3, 0.4) is 0 Å². The van der Waals surface area contributed by atoms with Gasteiger partial charge in [0.15, 0.2) is 0 Å². The van der Waals surface area contributed by atoms with E-state index in [1.54, 1.807) is 0 Å². The van der Waals surface area contributed by atoms with E-state index >= 15 is 0 Å². The quantitative estimate of drug-likeness (QED) is 0.863. The van der Waals surface area contributed by atoms with Gasteiger partial charge in [-0.2, -0.15) is 5.26 Å². The lowest BCUT2D eigenvalue weighted by atomic mass is 9.97. The molecule has 0 saturated heterocycles. The molecule has 0 heterocycles. The molecule has 1 aromatic rings. The number of hydrogen-bond donors (Lipinski definition) is 2. The second kappa shape index (κ2) is 6.75. The highest BCUT2D eigenvalue weighted by Gasteiger charge is 2.28. The number of rotatable bonds is 5. The molecule has 2 rings (SSSR count). The fourth-order valence-electron chi connectivity index (χ4n) is 2.68. The van der Waals surface area contributed by atoms with Crippen molar-refractivity contribution in [2.75, 3.05) is 13.2 Å². The summed E-state index contributed by atoms with van der Waals surface area (Å²) < 4.78 is 27.0. The fraction of sp³-hybridized carbons (Fsp3) is 0.500. The van der Waals surface area contributed by atoms with Crippen LogP contribution in [0.1, 0.15) is 24.8 Å². The molecular formula is C14H17ClN2O3S. The van der Waals surface area contributed by atoms with Crippen molar-refractivity contribution in [2.24, 2.45) is 11.8 Å². The number of hydrogen-bond acceptors (Lipinski definition) is 4. The van der Waals surface area contributed by atoms with Crippen LogP contribution in [-0.2, 0) is 10.0 Å². The lowest BCUT2D eigenvalue weighted by molar-refractivity contribution is 0.195. The molecule has 2 N–H and O–H groups in total. The van der Waals surface area contributed by atoms with Crippen molar-refractivity contribution in [1.29, 1.82) is 5.26 Å². The summed E-state index contributed by atoms with van der Waals surface area (Å²) in [6.07, 6.45) is 2.87. The molecular weight excluding hydrogens is 312 g/mol. The summed E-state index contributed by atoms with van der Waals surface area (Å²) in [5, 5.41) is 18.2. The van der Waals surface area contributed by atoms with Gasteiger partial charge in [0.2, 0.25) is 10.0 Å². The highest BCUT2D eigenvalue weighted by Crippen LogP contribution is 2.31. The third-order valence-electron chi connectivity index (χ3n) is 3.96. The van der Waals surface area contributed by atoms with Crippen molar-refractivity contribution >= 4 is 21.6 Å². The maximum Gasteiger partial charge on any atom is 0.240 e. The van der Waals surface area contributed by atoms with E-state index in [1.807, 2.05) is 6.07 Å². The number of nitrogens with one attached hydrogen (secondary N) is 1. The van der Waals surface area contributed by atoms with E-state index in [0.717, 1.165) is 19.3 Å². The van der Waals surface area contributed by atoms with Crippen molar-refractivity contribution < 1.29 is 13.5 Å². The van der Waals surface area contributed by atoms with Gasteiger partial charge in [-0.05, 0) is 42.9 Å². The Morgan fingerprint density at radius 1 is 1.38 bits per heavy atom. The molecule has 2 atom stereocenters. The van der Waals surface area contributed by atoms with Crippen LogP contribution in [0.5, 0.6) is 0 Å². The lowest BCUT2D eigenvalue weighted by Crippen LogP contribution is -2.31. The summed E-state index contributed by atoms with van der Waals surface area (Å²) in [4.78, 5) is 0.0463. The maximum atomic E-state index is 12.2. The predicted molar refractivity (Wildman–Crippen MR) is 79.3 cm³/mol. The molecule has 0 radical (unpaired) electrons. The van der Waals surface area contributed by atoms with E-state index in [4.69, 9.17) is 16.9 Å². The molecule has 1 aliphatic carbocycles. The van der Waals surface area contributed by atoms with Gasteiger partial charge in [0.05, 0.1) is 15.5 Å². The summed E-state index contributed by atoms with van der Waals surface area (Å²) >= 11 is 5.86. The average Bonchev–Trinajstić information content (AvgIpc) is 2.92. The summed E-state index contributed by atoms with van der Waals surface area (Å²) in [5.74, 6) is 0.330. The monoisotopic (exact) mass is 328 g/mol. The predicted octanol–water partition coefficient (Wildman–Crippen LogP) is 1.90. The van der Waals surface area contributed by atoms with Crippen LogP contribution in [0.25, 0.3) is 0 Å². The minimum atomic E-state index is -3.65. The minimum absolute atomic E-state index is 0.0463. The van der Waals surface area contributed by atoms with Crippen LogP contribution in [0.2, 0.25) is 5.02 Å². The maximum absolute atomic E-state index is 12.2. The van der Waals surface area contributed by atoms with Gasteiger partial charge in [0, 0.05) is 13.2 Å². The Balaban J connectivity index is 2.08. The Labute approximate surface area is 129 Å². The van der Waals surface area contributed by atoms with Gasteiger partial charge in [0.25, 0.3) is 0 Å². The standard InChI is InChI=1S/C14H17ClN2O3S/c15-14-6-13(5-4-10(14)7-16)21(19,20)17-8-11-2-1-3-12(11)9-18/h4-6,11-12,17-18H,1-3,8-9H2. The molecule has 5 nitrogen and oxygen atoms in total. The topological polar surface area (TPSA) is 90.2 Å². The van der Waals surface area contributed by atoms with Gasteiger partial charge in [0.1, 0.15) is 6.07 Å². The van der Waals surface area contributed by atoms with Crippen LogP contribution in [-0.4, -0.2) is 26.7 Å². The molecule has 1 aromatic carbocycles. The molecule has 2 unspecified atom stereocenters. The van der Waals surface area contributed by atoms with Crippen molar-refractivity contribution in [3.05, 3.63) is 28.8 Å². The number of nitriles is 1. The van der Waals surface area contributed by atoms with Crippen LogP contribution < -0.4 is 4.72 Å². The zero-order valence-electron chi connectivity index (χ0n) is 11.4. The summed E-state index contributed by atoms with van der Waals surface area (Å²) in [7, 11) is -3.65. The molecule has 1 fully saturated rings. The Kier molecular flexibility index (Phi) is 5.22. The smallest absolute Gasteiger partial charge is 0.240 e. The van der Waals surface area contributed by atoms with Gasteiger partial charge in [-0.3, -0.25) is 0 Å². The number of aliphatic hydroxyl groups excluding tert-OH is 1. The number of halogens is 1. The molecule has 0 aliphatic heterocycles. The first-order chi connectivity index (χ1) is 9.97. The minimum Gasteiger partial charge on any atom is -0.396 e. The molecule has 1 saturated carbocycles. The molecule has 0 amide bonds. The lowest BCUT2D eigenvalue weighted by Gasteiger charge is -2.18. The van der Waals surface area contributed by atoms with Gasteiger partial charge in [-0.1, -0.05) is 18.0 Å². The first-order valence-corrected chi connectivity index (χ1v) is 8.64. The van der Waals surface area contributed by atoms with E-state index in [9.17, 15) is 13.5 Å². The van der Waals surface area contributed by atoms with Crippen LogP contribution in [0.15, 0.2) is 23.1 Å². The molecule has 0 spiro atoms. The Hall–Kier alpha value is -1.13. The molecule has 7 heteroatoms. The third kappa shape index (κ3) is 3.74. The van der Waals surface area contributed by atoms with Crippen molar-refractivity contribution in [1.82, 2.24) is 4.72 Å². The first-order valence-electron chi connectivity index (χ1n) is 6.78. The van der Waals surface area contributed by atoms with E-state index in [0.29, 0.717) is 6.54 Å². The summed E-state index contributed by atoms with van der Waals surface area (Å²) in [6.45, 7) is 0.403. The second-order valence-corrected chi connectivity index (χ2v) is 7.41. The van der Waals surface area contributed by atoms with Crippen molar-refractivity contribution in [3.63, 3.8) is 0 Å². The van der Waals surface area contributed by atoms with Gasteiger partial charge < -0.3 is 5.11 Å². The zero-order valence-corrected chi connectivity index (χ0v) is 13.0. The number of aliphatic hydroxyl groups is 1. The third-order valence-corrected chi connectivity index (χ3v) is 5.69. The normalized spacial score (nSPS) is 22.1. The highest BCUT2D eigenvalue weighted by molar-refractivity contribution is 7.89. The zero-order chi connectivity index (χ0) is 15.5. The summed E-state index contributed by atoms with van der Waals surface area (Å²) in [6, 6.07) is 5.93. The van der Waals surface area contributed by atoms with E-state index in [-0.39, 0.29) is 33.9 Å². The van der Waals surface area contributed by atoms with E-state index in [1.165, 1.54) is 18.2 Å². The van der Waals surface area contributed by atoms with Gasteiger partial charge >= 0.3 is 0 Å².